The Morgan fingerprint density at radius 2 is 0.882 bits per heavy atom. The predicted octanol–water partition coefficient (Wildman–Crippen LogP) is 1.35. The Morgan fingerprint density at radius 3 is 0.941 bits per heavy atom. The van der Waals surface area contributed by atoms with Crippen molar-refractivity contribution in [1.82, 2.24) is 13.7 Å². The molecule has 0 aliphatic heterocycles. The van der Waals surface area contributed by atoms with Gasteiger partial charge < -0.3 is 13.7 Å². The first-order valence-electron chi connectivity index (χ1n) is 4.80. The van der Waals surface area contributed by atoms with Gasteiger partial charge in [0.25, 0.3) is 0 Å². The Bertz CT molecular complexity index is 243. The average molecular weight is 279 g/mol. The zero-order valence-corrected chi connectivity index (χ0v) is 11.7. The fourth-order valence-corrected chi connectivity index (χ4v) is 6.70. The van der Waals surface area contributed by atoms with Crippen molar-refractivity contribution in [3.8, 4) is 0 Å². The summed E-state index contributed by atoms with van der Waals surface area (Å²) in [6, 6.07) is 0. The molecule has 0 spiro atoms. The molecule has 0 aromatic carbocycles. The van der Waals surface area contributed by atoms with Crippen molar-refractivity contribution in [3.05, 3.63) is 0 Å². The van der Waals surface area contributed by atoms with Gasteiger partial charge in [-0.15, -0.1) is 0 Å². The third-order valence-electron chi connectivity index (χ3n) is 2.65. The lowest BCUT2D eigenvalue weighted by molar-refractivity contribution is -0.255. The van der Waals surface area contributed by atoms with E-state index in [9.17, 15) is 22.0 Å². The van der Waals surface area contributed by atoms with Gasteiger partial charge in [-0.2, -0.15) is 22.0 Å². The molecule has 0 atom stereocenters. The molecule has 0 rings (SSSR count). The molecule has 0 saturated carbocycles. The summed E-state index contributed by atoms with van der Waals surface area (Å²) in [6.07, 6.45) is -5.57. The lowest BCUT2D eigenvalue weighted by atomic mass is 10.7. The highest BCUT2D eigenvalue weighted by Gasteiger charge is 2.76. The quantitative estimate of drug-likeness (QED) is 0.568. The summed E-state index contributed by atoms with van der Waals surface area (Å²) in [5.41, 5.74) is -4.77. The summed E-state index contributed by atoms with van der Waals surface area (Å²) < 4.78 is 68.4. The number of hydrogen-bond acceptors (Lipinski definition) is 3. The SMILES string of the molecule is CN(C)[Si](N(C)C)(N(C)C)C(F)(F)C(F)(F)F. The highest BCUT2D eigenvalue weighted by molar-refractivity contribution is 6.74. The molecule has 0 bridgehead atoms. The number of rotatable bonds is 4. The van der Waals surface area contributed by atoms with Crippen LogP contribution < -0.4 is 0 Å². The zero-order chi connectivity index (χ0) is 14.2. The van der Waals surface area contributed by atoms with Crippen molar-refractivity contribution in [2.45, 2.75) is 11.7 Å². The van der Waals surface area contributed by atoms with E-state index >= 15 is 0 Å². The summed E-state index contributed by atoms with van der Waals surface area (Å²) in [7, 11) is 3.10. The average Bonchev–Trinajstić information content (AvgIpc) is 1.98. The van der Waals surface area contributed by atoms with E-state index in [4.69, 9.17) is 0 Å². The molecule has 0 aromatic heterocycles. The van der Waals surface area contributed by atoms with Crippen LogP contribution in [0.1, 0.15) is 0 Å². The minimum Gasteiger partial charge on any atom is -0.301 e. The largest absolute Gasteiger partial charge is 0.454 e. The molecule has 0 radical (unpaired) electrons. The van der Waals surface area contributed by atoms with Crippen LogP contribution in [0.5, 0.6) is 0 Å². The summed E-state index contributed by atoms with van der Waals surface area (Å²) in [5.74, 6) is 0. The molecule has 104 valence electrons. The molecule has 0 N–H and O–H groups in total. The number of halogens is 5. The molecular formula is C8H18F5N3Si. The molecule has 0 unspecified atom stereocenters. The van der Waals surface area contributed by atoms with Crippen LogP contribution in [0.3, 0.4) is 0 Å². The van der Waals surface area contributed by atoms with E-state index in [1.165, 1.54) is 42.3 Å². The maximum absolute atomic E-state index is 13.8. The molecule has 0 saturated heterocycles. The molecular weight excluding hydrogens is 261 g/mol. The Kier molecular flexibility index (Phi) is 4.72. The van der Waals surface area contributed by atoms with Gasteiger partial charge in [-0.05, 0) is 42.3 Å². The van der Waals surface area contributed by atoms with Gasteiger partial charge in [-0.25, -0.2) is 0 Å². The molecule has 0 aliphatic carbocycles. The van der Waals surface area contributed by atoms with E-state index in [1.807, 2.05) is 0 Å². The minimum absolute atomic E-state index is 0.987. The molecule has 0 heterocycles. The highest BCUT2D eigenvalue weighted by atomic mass is 28.4. The van der Waals surface area contributed by atoms with Gasteiger partial charge in [0.2, 0.25) is 0 Å². The van der Waals surface area contributed by atoms with Crippen molar-refractivity contribution in [2.24, 2.45) is 0 Å². The number of alkyl halides is 5. The van der Waals surface area contributed by atoms with Gasteiger partial charge in [-0.3, -0.25) is 0 Å². The Hall–Kier alpha value is -0.253. The van der Waals surface area contributed by atoms with Crippen LogP contribution in [0, 0.1) is 0 Å². The Balaban J connectivity index is 5.95. The summed E-state index contributed by atoms with van der Waals surface area (Å²) in [4.78, 5) is 0. The minimum atomic E-state index is -5.57. The van der Waals surface area contributed by atoms with Gasteiger partial charge in [0.05, 0.1) is 0 Å². The van der Waals surface area contributed by atoms with Crippen LogP contribution in [-0.4, -0.2) is 76.3 Å². The van der Waals surface area contributed by atoms with E-state index in [0.717, 1.165) is 13.7 Å². The van der Waals surface area contributed by atoms with E-state index < -0.39 is 20.3 Å². The number of hydrogen-bond donors (Lipinski definition) is 0. The first kappa shape index (κ1) is 16.7. The van der Waals surface area contributed by atoms with Crippen LogP contribution in [0.25, 0.3) is 0 Å². The molecule has 17 heavy (non-hydrogen) atoms. The van der Waals surface area contributed by atoms with Gasteiger partial charge in [0.15, 0.2) is 0 Å². The topological polar surface area (TPSA) is 9.72 Å². The fraction of sp³-hybridized carbons (Fsp3) is 1.00. The monoisotopic (exact) mass is 279 g/mol. The van der Waals surface area contributed by atoms with Gasteiger partial charge in [0, 0.05) is 0 Å². The van der Waals surface area contributed by atoms with Gasteiger partial charge in [-0.1, -0.05) is 0 Å². The highest BCUT2D eigenvalue weighted by Crippen LogP contribution is 2.44. The fourth-order valence-electron chi connectivity index (χ4n) is 2.23. The smallest absolute Gasteiger partial charge is 0.301 e. The van der Waals surface area contributed by atoms with Crippen molar-refractivity contribution in [2.75, 3.05) is 42.3 Å². The standard InChI is InChI=1S/C8H18F5N3Si/c1-14(2)17(15(3)4,16(5)6)8(12,13)7(9,10)11/h1-6H3. The molecule has 0 aromatic rings. The molecule has 0 amide bonds. The lowest BCUT2D eigenvalue weighted by Gasteiger charge is -2.50. The van der Waals surface area contributed by atoms with E-state index in [1.54, 1.807) is 0 Å². The third kappa shape index (κ3) is 2.33. The zero-order valence-electron chi connectivity index (χ0n) is 10.7. The van der Waals surface area contributed by atoms with Crippen molar-refractivity contribution < 1.29 is 22.0 Å². The van der Waals surface area contributed by atoms with Gasteiger partial charge >= 0.3 is 20.3 Å². The third-order valence-corrected chi connectivity index (χ3v) is 7.52. The van der Waals surface area contributed by atoms with Crippen molar-refractivity contribution in [1.29, 1.82) is 0 Å². The Morgan fingerprint density at radius 1 is 0.647 bits per heavy atom. The van der Waals surface area contributed by atoms with E-state index in [0.29, 0.717) is 0 Å². The summed E-state index contributed by atoms with van der Waals surface area (Å²) in [5, 5.41) is 0. The first-order chi connectivity index (χ1) is 7.33. The Labute approximate surface area is 99.0 Å². The predicted molar refractivity (Wildman–Crippen MR) is 57.8 cm³/mol. The second-order valence-electron chi connectivity index (χ2n) is 4.39. The maximum Gasteiger partial charge on any atom is 0.454 e. The second-order valence-corrected chi connectivity index (χ2v) is 8.97. The number of nitrogens with zero attached hydrogens (tertiary/aromatic N) is 3. The molecule has 9 heteroatoms. The van der Waals surface area contributed by atoms with Crippen LogP contribution >= 0.6 is 0 Å². The van der Waals surface area contributed by atoms with E-state index in [2.05, 4.69) is 0 Å². The molecule has 0 aliphatic rings. The van der Waals surface area contributed by atoms with Crippen molar-refractivity contribution >= 4 is 8.56 Å². The summed E-state index contributed by atoms with van der Waals surface area (Å²) >= 11 is 0. The van der Waals surface area contributed by atoms with Crippen LogP contribution in [0.2, 0.25) is 0 Å². The summed E-state index contributed by atoms with van der Waals surface area (Å²) in [6.45, 7) is 0. The lowest BCUT2D eigenvalue weighted by Crippen LogP contribution is -2.82. The van der Waals surface area contributed by atoms with Crippen molar-refractivity contribution in [3.63, 3.8) is 0 Å². The van der Waals surface area contributed by atoms with Gasteiger partial charge in [0.1, 0.15) is 0 Å². The second kappa shape index (κ2) is 4.79. The molecule has 0 fully saturated rings. The maximum atomic E-state index is 13.8. The normalized spacial score (nSPS) is 15.2. The first-order valence-corrected chi connectivity index (χ1v) is 6.64. The van der Waals surface area contributed by atoms with E-state index in [-0.39, 0.29) is 0 Å². The van der Waals surface area contributed by atoms with Crippen LogP contribution in [0.15, 0.2) is 0 Å². The molecule has 3 nitrogen and oxygen atoms in total. The van der Waals surface area contributed by atoms with Crippen LogP contribution in [-0.2, 0) is 0 Å². The van der Waals surface area contributed by atoms with Crippen LogP contribution in [0.4, 0.5) is 22.0 Å².